The Balaban J connectivity index is 2.58. The number of nitrogens with zero attached hydrogens (tertiary/aromatic N) is 1. The van der Waals surface area contributed by atoms with Gasteiger partial charge in [0.05, 0.1) is 5.38 Å². The van der Waals surface area contributed by atoms with Crippen LogP contribution < -0.4 is 4.90 Å². The molecule has 1 aromatic rings. The van der Waals surface area contributed by atoms with E-state index in [2.05, 4.69) is 49.1 Å². The monoisotopic (exact) mass is 253 g/mol. The second-order valence-electron chi connectivity index (χ2n) is 4.49. The van der Waals surface area contributed by atoms with Gasteiger partial charge >= 0.3 is 0 Å². The Morgan fingerprint density at radius 3 is 2.41 bits per heavy atom. The number of para-hydroxylation sites is 1. The van der Waals surface area contributed by atoms with E-state index in [1.807, 2.05) is 0 Å². The summed E-state index contributed by atoms with van der Waals surface area (Å²) in [6.07, 6.45) is 4.83. The second kappa shape index (κ2) is 8.41. The zero-order chi connectivity index (χ0) is 12.5. The number of alkyl halides is 1. The van der Waals surface area contributed by atoms with E-state index >= 15 is 0 Å². The van der Waals surface area contributed by atoms with E-state index in [9.17, 15) is 0 Å². The molecule has 0 radical (unpaired) electrons. The molecule has 0 aliphatic rings. The van der Waals surface area contributed by atoms with Crippen LogP contribution in [0.2, 0.25) is 0 Å². The minimum absolute atomic E-state index is 0.247. The second-order valence-corrected chi connectivity index (χ2v) is 5.11. The van der Waals surface area contributed by atoms with Gasteiger partial charge < -0.3 is 4.90 Å². The van der Waals surface area contributed by atoms with Gasteiger partial charge in [-0.1, -0.05) is 44.9 Å². The van der Waals surface area contributed by atoms with Crippen LogP contribution in [0.3, 0.4) is 0 Å². The fourth-order valence-electron chi connectivity index (χ4n) is 1.89. The van der Waals surface area contributed by atoms with Gasteiger partial charge in [0.1, 0.15) is 0 Å². The standard InChI is InChI=1S/C15H24ClN/c1-3-5-9-12-17(13-14(16)4-2)15-10-7-6-8-11-15/h6-8,10-11,14H,3-5,9,12-13H2,1-2H3. The van der Waals surface area contributed by atoms with E-state index in [4.69, 9.17) is 11.6 Å². The van der Waals surface area contributed by atoms with E-state index in [0.717, 1.165) is 19.5 Å². The summed E-state index contributed by atoms with van der Waals surface area (Å²) in [5.74, 6) is 0. The molecule has 1 nitrogen and oxygen atoms in total. The maximum absolute atomic E-state index is 6.28. The zero-order valence-corrected chi connectivity index (χ0v) is 11.8. The number of hydrogen-bond acceptors (Lipinski definition) is 1. The molecule has 0 N–H and O–H groups in total. The first-order chi connectivity index (χ1) is 8.27. The molecule has 0 fully saturated rings. The van der Waals surface area contributed by atoms with Crippen molar-refractivity contribution in [3.05, 3.63) is 30.3 Å². The summed E-state index contributed by atoms with van der Waals surface area (Å²) in [6.45, 7) is 6.45. The number of rotatable bonds is 8. The first kappa shape index (κ1) is 14.4. The molecule has 0 saturated heterocycles. The van der Waals surface area contributed by atoms with Crippen molar-refractivity contribution in [3.63, 3.8) is 0 Å². The number of benzene rings is 1. The molecule has 1 aromatic carbocycles. The Morgan fingerprint density at radius 2 is 1.82 bits per heavy atom. The van der Waals surface area contributed by atoms with Gasteiger partial charge in [0, 0.05) is 18.8 Å². The smallest absolute Gasteiger partial charge is 0.0508 e. The number of anilines is 1. The third kappa shape index (κ3) is 5.45. The first-order valence-corrected chi connectivity index (χ1v) is 7.15. The van der Waals surface area contributed by atoms with Crippen LogP contribution in [0.5, 0.6) is 0 Å². The van der Waals surface area contributed by atoms with Crippen LogP contribution in [-0.2, 0) is 0 Å². The van der Waals surface area contributed by atoms with E-state index in [1.54, 1.807) is 0 Å². The summed E-state index contributed by atoms with van der Waals surface area (Å²) in [6, 6.07) is 10.6. The van der Waals surface area contributed by atoms with Gasteiger partial charge in [-0.3, -0.25) is 0 Å². The maximum Gasteiger partial charge on any atom is 0.0508 e. The largest absolute Gasteiger partial charge is 0.370 e. The van der Waals surface area contributed by atoms with E-state index < -0.39 is 0 Å². The summed E-state index contributed by atoms with van der Waals surface area (Å²) in [5, 5.41) is 0.247. The van der Waals surface area contributed by atoms with Crippen molar-refractivity contribution in [2.75, 3.05) is 18.0 Å². The molecule has 96 valence electrons. The van der Waals surface area contributed by atoms with Crippen LogP contribution in [-0.4, -0.2) is 18.5 Å². The first-order valence-electron chi connectivity index (χ1n) is 6.72. The fourth-order valence-corrected chi connectivity index (χ4v) is 2.05. The number of halogens is 1. The van der Waals surface area contributed by atoms with Crippen LogP contribution in [0, 0.1) is 0 Å². The normalized spacial score (nSPS) is 12.4. The summed E-state index contributed by atoms with van der Waals surface area (Å²) >= 11 is 6.28. The van der Waals surface area contributed by atoms with E-state index in [-0.39, 0.29) is 5.38 Å². The van der Waals surface area contributed by atoms with Gasteiger partial charge in [-0.25, -0.2) is 0 Å². The molecule has 0 spiro atoms. The molecule has 0 bridgehead atoms. The minimum Gasteiger partial charge on any atom is -0.370 e. The summed E-state index contributed by atoms with van der Waals surface area (Å²) in [5.41, 5.74) is 1.29. The predicted octanol–water partition coefficient (Wildman–Crippen LogP) is 4.70. The zero-order valence-electron chi connectivity index (χ0n) is 11.0. The van der Waals surface area contributed by atoms with Crippen molar-refractivity contribution < 1.29 is 0 Å². The molecule has 0 amide bonds. The molecule has 1 unspecified atom stereocenters. The average molecular weight is 254 g/mol. The van der Waals surface area contributed by atoms with Crippen molar-refractivity contribution in [2.45, 2.75) is 44.9 Å². The van der Waals surface area contributed by atoms with Gasteiger partial charge in [-0.05, 0) is 25.0 Å². The molecule has 0 heterocycles. The van der Waals surface area contributed by atoms with Crippen molar-refractivity contribution in [1.29, 1.82) is 0 Å². The third-order valence-electron chi connectivity index (χ3n) is 3.01. The van der Waals surface area contributed by atoms with E-state index in [0.29, 0.717) is 0 Å². The molecule has 1 atom stereocenters. The van der Waals surface area contributed by atoms with E-state index in [1.165, 1.54) is 24.9 Å². The average Bonchev–Trinajstić information content (AvgIpc) is 2.38. The lowest BCUT2D eigenvalue weighted by Gasteiger charge is -2.26. The highest BCUT2D eigenvalue weighted by Gasteiger charge is 2.10. The molecule has 0 saturated carbocycles. The SMILES string of the molecule is CCCCCN(CC(Cl)CC)c1ccccc1. The van der Waals surface area contributed by atoms with Crippen LogP contribution in [0.4, 0.5) is 5.69 Å². The lowest BCUT2D eigenvalue weighted by atomic mass is 10.2. The summed E-state index contributed by atoms with van der Waals surface area (Å²) in [4.78, 5) is 2.41. The molecule has 0 aromatic heterocycles. The molecule has 1 rings (SSSR count). The van der Waals surface area contributed by atoms with Gasteiger partial charge in [0.2, 0.25) is 0 Å². The lowest BCUT2D eigenvalue weighted by molar-refractivity contribution is 0.656. The molecular weight excluding hydrogens is 230 g/mol. The van der Waals surface area contributed by atoms with Gasteiger partial charge in [-0.15, -0.1) is 11.6 Å². The Kier molecular flexibility index (Phi) is 7.11. The van der Waals surface area contributed by atoms with Crippen molar-refractivity contribution in [2.24, 2.45) is 0 Å². The van der Waals surface area contributed by atoms with Crippen LogP contribution in [0.25, 0.3) is 0 Å². The highest BCUT2D eigenvalue weighted by Crippen LogP contribution is 2.17. The van der Waals surface area contributed by atoms with Crippen LogP contribution in [0.15, 0.2) is 30.3 Å². The van der Waals surface area contributed by atoms with Crippen molar-refractivity contribution >= 4 is 17.3 Å². The van der Waals surface area contributed by atoms with Gasteiger partial charge in [0.15, 0.2) is 0 Å². The maximum atomic E-state index is 6.28. The highest BCUT2D eigenvalue weighted by atomic mass is 35.5. The fraction of sp³-hybridized carbons (Fsp3) is 0.600. The Bertz CT molecular complexity index is 286. The topological polar surface area (TPSA) is 3.24 Å². The number of unbranched alkanes of at least 4 members (excludes halogenated alkanes) is 2. The molecule has 0 aliphatic carbocycles. The highest BCUT2D eigenvalue weighted by molar-refractivity contribution is 6.20. The molecule has 2 heteroatoms. The molecule has 17 heavy (non-hydrogen) atoms. The van der Waals surface area contributed by atoms with Crippen molar-refractivity contribution in [3.8, 4) is 0 Å². The molecule has 0 aliphatic heterocycles. The molecular formula is C15H24ClN. The van der Waals surface area contributed by atoms with Gasteiger partial charge in [0.25, 0.3) is 0 Å². The number of hydrogen-bond donors (Lipinski definition) is 0. The Labute approximate surface area is 111 Å². The Morgan fingerprint density at radius 1 is 1.12 bits per heavy atom. The lowest BCUT2D eigenvalue weighted by Crippen LogP contribution is -2.30. The Hall–Kier alpha value is -0.690. The summed E-state index contributed by atoms with van der Waals surface area (Å²) < 4.78 is 0. The van der Waals surface area contributed by atoms with Crippen LogP contribution >= 0.6 is 11.6 Å². The minimum atomic E-state index is 0.247. The predicted molar refractivity (Wildman–Crippen MR) is 78.1 cm³/mol. The third-order valence-corrected chi connectivity index (χ3v) is 3.46. The summed E-state index contributed by atoms with van der Waals surface area (Å²) in [7, 11) is 0. The van der Waals surface area contributed by atoms with Crippen molar-refractivity contribution in [1.82, 2.24) is 0 Å². The quantitative estimate of drug-likeness (QED) is 0.479. The van der Waals surface area contributed by atoms with Crippen LogP contribution in [0.1, 0.15) is 39.5 Å². The van der Waals surface area contributed by atoms with Gasteiger partial charge in [-0.2, -0.15) is 0 Å².